The highest BCUT2D eigenvalue weighted by molar-refractivity contribution is 5.90. The van der Waals surface area contributed by atoms with Crippen LogP contribution in [0, 0.1) is 35.5 Å². The molecule has 4 N–H and O–H groups in total. The number of carboxylic acids is 1. The fourth-order valence-corrected chi connectivity index (χ4v) is 7.00. The van der Waals surface area contributed by atoms with Crippen LogP contribution in [0.1, 0.15) is 75.2 Å². The summed E-state index contributed by atoms with van der Waals surface area (Å²) in [6.07, 6.45) is 5.37. The maximum Gasteiger partial charge on any atom is 0.373 e. The second-order valence-corrected chi connectivity index (χ2v) is 14.6. The van der Waals surface area contributed by atoms with E-state index in [2.05, 4.69) is 0 Å². The normalized spacial score (nSPS) is 37.1. The number of ether oxygens (including phenoxy) is 5. The summed E-state index contributed by atoms with van der Waals surface area (Å²) in [5.41, 5.74) is 1.70. The minimum absolute atomic E-state index is 0.0458. The van der Waals surface area contributed by atoms with E-state index < -0.39 is 72.2 Å². The first kappa shape index (κ1) is 43.9. The molecule has 51 heavy (non-hydrogen) atoms. The SMILES string of the molecule is CO/C1=C/C(C)=C/C(C)C(O)C(C)C/C(C)=C\C=C\C(OC)C(C(C)C(O)C(C)C2(O)CC(OC(=O)/C=C/C(=O)O)C(C)C(C(C)C)O2)OC1=O. The van der Waals surface area contributed by atoms with Crippen molar-refractivity contribution >= 4 is 17.9 Å². The van der Waals surface area contributed by atoms with Crippen LogP contribution in [0.25, 0.3) is 0 Å². The van der Waals surface area contributed by atoms with Crippen molar-refractivity contribution in [1.82, 2.24) is 0 Å². The van der Waals surface area contributed by atoms with E-state index >= 15 is 0 Å². The molecule has 1 saturated heterocycles. The summed E-state index contributed by atoms with van der Waals surface area (Å²) in [6, 6.07) is 0. The Bertz CT molecular complexity index is 1350. The van der Waals surface area contributed by atoms with Crippen LogP contribution in [0.2, 0.25) is 0 Å². The molecule has 12 unspecified atom stereocenters. The number of aliphatic hydroxyl groups is 3. The number of aliphatic hydroxyl groups excluding tert-OH is 2. The van der Waals surface area contributed by atoms with Gasteiger partial charge in [-0.15, -0.1) is 0 Å². The van der Waals surface area contributed by atoms with Crippen molar-refractivity contribution in [3.63, 3.8) is 0 Å². The summed E-state index contributed by atoms with van der Waals surface area (Å²) < 4.78 is 29.1. The topological polar surface area (TPSA) is 178 Å². The van der Waals surface area contributed by atoms with E-state index in [0.717, 1.165) is 11.6 Å². The fourth-order valence-electron chi connectivity index (χ4n) is 7.00. The number of carbonyl (C=O) groups is 3. The Morgan fingerprint density at radius 2 is 1.71 bits per heavy atom. The van der Waals surface area contributed by atoms with Crippen molar-refractivity contribution in [2.75, 3.05) is 14.2 Å². The van der Waals surface area contributed by atoms with Crippen molar-refractivity contribution in [3.05, 3.63) is 59.4 Å². The van der Waals surface area contributed by atoms with E-state index in [1.807, 2.05) is 53.7 Å². The van der Waals surface area contributed by atoms with Crippen molar-refractivity contribution < 1.29 is 58.5 Å². The van der Waals surface area contributed by atoms with E-state index in [4.69, 9.17) is 28.8 Å². The van der Waals surface area contributed by atoms with Gasteiger partial charge >= 0.3 is 17.9 Å². The van der Waals surface area contributed by atoms with Crippen LogP contribution in [-0.4, -0.2) is 95.0 Å². The number of allylic oxidation sites excluding steroid dienone is 5. The average molecular weight is 721 g/mol. The lowest BCUT2D eigenvalue weighted by atomic mass is 9.76. The monoisotopic (exact) mass is 720 g/mol. The molecule has 2 aliphatic heterocycles. The third kappa shape index (κ3) is 12.1. The van der Waals surface area contributed by atoms with Crippen LogP contribution >= 0.6 is 0 Å². The Kier molecular flexibility index (Phi) is 16.8. The molecule has 288 valence electrons. The molecule has 0 aromatic rings. The number of aliphatic carboxylic acids is 1. The molecule has 2 heterocycles. The number of cyclic esters (lactones) is 1. The van der Waals surface area contributed by atoms with Gasteiger partial charge in [-0.25, -0.2) is 14.4 Å². The predicted molar refractivity (Wildman–Crippen MR) is 191 cm³/mol. The number of methoxy groups -OCH3 is 2. The van der Waals surface area contributed by atoms with Crippen LogP contribution in [0.15, 0.2) is 59.4 Å². The molecule has 0 aromatic heterocycles. The summed E-state index contributed by atoms with van der Waals surface area (Å²) in [6.45, 7) is 16.5. The molecular formula is C39H60O12. The largest absolute Gasteiger partial charge is 0.490 e. The second-order valence-electron chi connectivity index (χ2n) is 14.6. The number of carboxylic acid groups (broad SMARTS) is 1. The van der Waals surface area contributed by atoms with E-state index in [9.17, 15) is 29.7 Å². The van der Waals surface area contributed by atoms with Crippen LogP contribution in [-0.2, 0) is 38.1 Å². The zero-order valence-corrected chi connectivity index (χ0v) is 31.9. The van der Waals surface area contributed by atoms with Gasteiger partial charge in [0.05, 0.1) is 25.4 Å². The third-order valence-corrected chi connectivity index (χ3v) is 10.1. The summed E-state index contributed by atoms with van der Waals surface area (Å²) in [5.74, 6) is -7.68. The first-order valence-electron chi connectivity index (χ1n) is 17.7. The lowest BCUT2D eigenvalue weighted by Crippen LogP contribution is -2.59. The van der Waals surface area contributed by atoms with Gasteiger partial charge in [-0.3, -0.25) is 0 Å². The molecule has 0 bridgehead atoms. The number of esters is 2. The molecule has 2 aliphatic rings. The maximum atomic E-state index is 13.6. The molecule has 0 spiro atoms. The van der Waals surface area contributed by atoms with E-state index in [1.54, 1.807) is 32.9 Å². The van der Waals surface area contributed by atoms with Crippen LogP contribution in [0.4, 0.5) is 0 Å². The Morgan fingerprint density at radius 1 is 1.06 bits per heavy atom. The van der Waals surface area contributed by atoms with Gasteiger partial charge in [-0.05, 0) is 38.2 Å². The van der Waals surface area contributed by atoms with Crippen molar-refractivity contribution in [2.45, 2.75) is 118 Å². The Balaban J connectivity index is 2.55. The predicted octanol–water partition coefficient (Wildman–Crippen LogP) is 4.88. The first-order chi connectivity index (χ1) is 23.8. The molecule has 12 atom stereocenters. The summed E-state index contributed by atoms with van der Waals surface area (Å²) in [5, 5.41) is 43.8. The molecule has 0 amide bonds. The number of hydrogen-bond acceptors (Lipinski definition) is 11. The van der Waals surface area contributed by atoms with E-state index in [1.165, 1.54) is 20.3 Å². The maximum absolute atomic E-state index is 13.6. The lowest BCUT2D eigenvalue weighted by Gasteiger charge is -2.50. The van der Waals surface area contributed by atoms with Gasteiger partial charge in [0.15, 0.2) is 5.79 Å². The second kappa shape index (κ2) is 19.5. The first-order valence-corrected chi connectivity index (χ1v) is 17.7. The molecule has 12 nitrogen and oxygen atoms in total. The quantitative estimate of drug-likeness (QED) is 0.178. The van der Waals surface area contributed by atoms with Crippen LogP contribution in [0.3, 0.4) is 0 Å². The van der Waals surface area contributed by atoms with Gasteiger partial charge in [0.1, 0.15) is 18.3 Å². The average Bonchev–Trinajstić information content (AvgIpc) is 3.06. The summed E-state index contributed by atoms with van der Waals surface area (Å²) >= 11 is 0. The molecular weight excluding hydrogens is 660 g/mol. The van der Waals surface area contributed by atoms with Gasteiger partial charge in [0.25, 0.3) is 0 Å². The van der Waals surface area contributed by atoms with E-state index in [-0.39, 0.29) is 35.9 Å². The lowest BCUT2D eigenvalue weighted by molar-refractivity contribution is -0.329. The number of carbonyl (C=O) groups excluding carboxylic acids is 2. The molecule has 0 aromatic carbocycles. The minimum atomic E-state index is -1.99. The van der Waals surface area contributed by atoms with E-state index in [0.29, 0.717) is 18.1 Å². The van der Waals surface area contributed by atoms with Gasteiger partial charge in [-0.1, -0.05) is 83.9 Å². The van der Waals surface area contributed by atoms with Gasteiger partial charge < -0.3 is 44.1 Å². The standard InChI is InChI=1S/C39H60O12/c1-21(2)36-26(7)31(49-33(42)16-15-32(40)41)20-39(46,51-36)28(9)35(44)27(8)37-29(47-10)14-12-13-22(3)17-24(5)34(43)25(6)18-23(4)19-30(48-11)38(45)50-37/h12-16,18-19,21,24-29,31,34-37,43-44,46H,17,20H2,1-11H3,(H,40,41)/b14-12+,16-15+,22-13-,23-18+,30-19+. The number of rotatable bonds is 10. The fraction of sp³-hybridized carbons (Fsp3) is 0.667. The van der Waals surface area contributed by atoms with Gasteiger partial charge in [0, 0.05) is 49.4 Å². The molecule has 0 aliphatic carbocycles. The van der Waals surface area contributed by atoms with Crippen molar-refractivity contribution in [1.29, 1.82) is 0 Å². The molecule has 12 heteroatoms. The Morgan fingerprint density at radius 3 is 2.27 bits per heavy atom. The molecule has 2 rings (SSSR count). The Labute approximate surface area is 302 Å². The molecule has 0 radical (unpaired) electrons. The smallest absolute Gasteiger partial charge is 0.373 e. The molecule has 1 fully saturated rings. The van der Waals surface area contributed by atoms with Crippen LogP contribution in [0.5, 0.6) is 0 Å². The van der Waals surface area contributed by atoms with Crippen molar-refractivity contribution in [2.24, 2.45) is 35.5 Å². The van der Waals surface area contributed by atoms with Crippen molar-refractivity contribution in [3.8, 4) is 0 Å². The van der Waals surface area contributed by atoms with Gasteiger partial charge in [0.2, 0.25) is 5.76 Å². The summed E-state index contributed by atoms with van der Waals surface area (Å²) in [7, 11) is 2.80. The molecule has 0 saturated carbocycles. The van der Waals surface area contributed by atoms with Crippen LogP contribution < -0.4 is 0 Å². The third-order valence-electron chi connectivity index (χ3n) is 10.1. The Hall–Kier alpha value is -3.29. The zero-order chi connectivity index (χ0) is 38.8. The highest BCUT2D eigenvalue weighted by Crippen LogP contribution is 2.42. The highest BCUT2D eigenvalue weighted by atomic mass is 16.6. The summed E-state index contributed by atoms with van der Waals surface area (Å²) in [4.78, 5) is 37.1. The van der Waals surface area contributed by atoms with Gasteiger partial charge in [-0.2, -0.15) is 0 Å². The minimum Gasteiger partial charge on any atom is -0.490 e. The highest BCUT2D eigenvalue weighted by Gasteiger charge is 2.53. The zero-order valence-electron chi connectivity index (χ0n) is 31.9. The number of hydrogen-bond donors (Lipinski definition) is 4.